The molecule has 1 N–H and O–H groups in total. The Morgan fingerprint density at radius 3 is 2.40 bits per heavy atom. The summed E-state index contributed by atoms with van der Waals surface area (Å²) in [5.41, 5.74) is 0. The first-order valence-electron chi connectivity index (χ1n) is 7.46. The van der Waals surface area contributed by atoms with Gasteiger partial charge in [-0.3, -0.25) is 4.79 Å². The molecular formula is C13H25N3O3S. The molecule has 1 unspecified atom stereocenters. The lowest BCUT2D eigenvalue weighted by atomic mass is 10.0. The third kappa shape index (κ3) is 3.71. The Hall–Kier alpha value is -0.660. The van der Waals surface area contributed by atoms with Crippen LogP contribution in [0, 0.1) is 5.92 Å². The summed E-state index contributed by atoms with van der Waals surface area (Å²) in [6.07, 6.45) is 3.52. The lowest BCUT2D eigenvalue weighted by Gasteiger charge is -2.34. The van der Waals surface area contributed by atoms with Gasteiger partial charge in [-0.25, -0.2) is 0 Å². The second-order valence-electron chi connectivity index (χ2n) is 6.01. The molecule has 0 saturated carbocycles. The van der Waals surface area contributed by atoms with Crippen LogP contribution in [0.1, 0.15) is 39.5 Å². The highest BCUT2D eigenvalue weighted by Crippen LogP contribution is 2.16. The normalized spacial score (nSPS) is 25.4. The van der Waals surface area contributed by atoms with Crippen molar-refractivity contribution in [2.75, 3.05) is 26.2 Å². The lowest BCUT2D eigenvalue weighted by molar-refractivity contribution is -0.135. The van der Waals surface area contributed by atoms with Crippen LogP contribution in [0.15, 0.2) is 0 Å². The van der Waals surface area contributed by atoms with Crippen LogP contribution >= 0.6 is 0 Å². The Morgan fingerprint density at radius 1 is 1.15 bits per heavy atom. The average molecular weight is 303 g/mol. The SMILES string of the molecule is CC(C)C(=O)N1CCCC(NS(=O)(=O)N2CCCC2)C1. The predicted molar refractivity (Wildman–Crippen MR) is 77.3 cm³/mol. The number of hydrogen-bond donors (Lipinski definition) is 1. The molecular weight excluding hydrogens is 278 g/mol. The van der Waals surface area contributed by atoms with Crippen LogP contribution in [0.25, 0.3) is 0 Å². The molecule has 0 aromatic heterocycles. The summed E-state index contributed by atoms with van der Waals surface area (Å²) in [5.74, 6) is 0.0685. The van der Waals surface area contributed by atoms with Gasteiger partial charge in [-0.15, -0.1) is 0 Å². The van der Waals surface area contributed by atoms with E-state index in [-0.39, 0.29) is 17.9 Å². The summed E-state index contributed by atoms with van der Waals surface area (Å²) in [5, 5.41) is 0. The second kappa shape index (κ2) is 6.41. The zero-order chi connectivity index (χ0) is 14.8. The first-order valence-corrected chi connectivity index (χ1v) is 8.90. The summed E-state index contributed by atoms with van der Waals surface area (Å²) in [4.78, 5) is 13.8. The van der Waals surface area contributed by atoms with E-state index in [1.54, 1.807) is 4.90 Å². The van der Waals surface area contributed by atoms with E-state index < -0.39 is 10.2 Å². The van der Waals surface area contributed by atoms with E-state index in [1.165, 1.54) is 4.31 Å². The van der Waals surface area contributed by atoms with Crippen LogP contribution in [0.2, 0.25) is 0 Å². The Morgan fingerprint density at radius 2 is 1.80 bits per heavy atom. The number of nitrogens with one attached hydrogen (secondary N) is 1. The van der Waals surface area contributed by atoms with Gasteiger partial charge < -0.3 is 4.90 Å². The Bertz CT molecular complexity index is 444. The van der Waals surface area contributed by atoms with E-state index in [4.69, 9.17) is 0 Å². The number of carbonyl (C=O) groups excluding carboxylic acids is 1. The van der Waals surface area contributed by atoms with Gasteiger partial charge in [0.05, 0.1) is 0 Å². The number of rotatable bonds is 4. The zero-order valence-corrected chi connectivity index (χ0v) is 13.2. The largest absolute Gasteiger partial charge is 0.341 e. The van der Waals surface area contributed by atoms with E-state index >= 15 is 0 Å². The van der Waals surface area contributed by atoms with Crippen molar-refractivity contribution in [1.82, 2.24) is 13.9 Å². The molecule has 0 aliphatic carbocycles. The van der Waals surface area contributed by atoms with Crippen molar-refractivity contribution in [2.24, 2.45) is 5.92 Å². The minimum absolute atomic E-state index is 0.0380. The second-order valence-corrected chi connectivity index (χ2v) is 7.71. The van der Waals surface area contributed by atoms with Crippen molar-refractivity contribution in [3.05, 3.63) is 0 Å². The van der Waals surface area contributed by atoms with Gasteiger partial charge in [0.25, 0.3) is 10.2 Å². The van der Waals surface area contributed by atoms with Gasteiger partial charge in [-0.05, 0) is 25.7 Å². The molecule has 2 saturated heterocycles. The monoisotopic (exact) mass is 303 g/mol. The molecule has 6 nitrogen and oxygen atoms in total. The molecule has 2 rings (SSSR count). The highest BCUT2D eigenvalue weighted by Gasteiger charge is 2.31. The van der Waals surface area contributed by atoms with Crippen molar-refractivity contribution in [2.45, 2.75) is 45.6 Å². The van der Waals surface area contributed by atoms with Crippen molar-refractivity contribution < 1.29 is 13.2 Å². The molecule has 2 aliphatic heterocycles. The summed E-state index contributed by atoms with van der Waals surface area (Å²) >= 11 is 0. The van der Waals surface area contributed by atoms with E-state index in [9.17, 15) is 13.2 Å². The molecule has 0 radical (unpaired) electrons. The molecule has 0 spiro atoms. The number of likely N-dealkylation sites (tertiary alicyclic amines) is 1. The predicted octanol–water partition coefficient (Wildman–Crippen LogP) is 0.564. The standard InChI is InChI=1S/C13H25N3O3S/c1-11(2)13(17)15-7-5-6-12(10-15)14-20(18,19)16-8-3-4-9-16/h11-12,14H,3-10H2,1-2H3. The molecule has 1 amide bonds. The van der Waals surface area contributed by atoms with Crippen LogP contribution in [0.5, 0.6) is 0 Å². The number of nitrogens with zero attached hydrogens (tertiary/aromatic N) is 2. The quantitative estimate of drug-likeness (QED) is 0.825. The fraction of sp³-hybridized carbons (Fsp3) is 0.923. The number of carbonyl (C=O) groups is 1. The van der Waals surface area contributed by atoms with E-state index in [1.807, 2.05) is 13.8 Å². The highest BCUT2D eigenvalue weighted by molar-refractivity contribution is 7.87. The minimum Gasteiger partial charge on any atom is -0.341 e. The van der Waals surface area contributed by atoms with Gasteiger partial charge in [-0.1, -0.05) is 13.8 Å². The van der Waals surface area contributed by atoms with Gasteiger partial charge in [0.1, 0.15) is 0 Å². The fourth-order valence-electron chi connectivity index (χ4n) is 2.85. The lowest BCUT2D eigenvalue weighted by Crippen LogP contribution is -2.53. The number of amides is 1. The van der Waals surface area contributed by atoms with Crippen LogP contribution in [0.4, 0.5) is 0 Å². The molecule has 1 atom stereocenters. The maximum atomic E-state index is 12.2. The average Bonchev–Trinajstić information content (AvgIpc) is 2.92. The van der Waals surface area contributed by atoms with Gasteiger partial charge in [-0.2, -0.15) is 17.4 Å². The van der Waals surface area contributed by atoms with Crippen LogP contribution in [-0.2, 0) is 15.0 Å². The molecule has 0 aromatic rings. The molecule has 20 heavy (non-hydrogen) atoms. The van der Waals surface area contributed by atoms with E-state index in [2.05, 4.69) is 4.72 Å². The van der Waals surface area contributed by atoms with E-state index in [0.29, 0.717) is 19.6 Å². The summed E-state index contributed by atoms with van der Waals surface area (Å²) in [6, 6.07) is -0.156. The molecule has 2 heterocycles. The van der Waals surface area contributed by atoms with Crippen molar-refractivity contribution in [3.63, 3.8) is 0 Å². The molecule has 116 valence electrons. The first-order chi connectivity index (χ1) is 9.40. The third-order valence-electron chi connectivity index (χ3n) is 3.95. The Balaban J connectivity index is 1.94. The maximum absolute atomic E-state index is 12.2. The Labute approximate surface area is 121 Å². The summed E-state index contributed by atoms with van der Waals surface area (Å²) < 4.78 is 28.7. The zero-order valence-electron chi connectivity index (χ0n) is 12.3. The first kappa shape index (κ1) is 15.7. The molecule has 0 bridgehead atoms. The molecule has 7 heteroatoms. The van der Waals surface area contributed by atoms with Gasteiger partial charge >= 0.3 is 0 Å². The van der Waals surface area contributed by atoms with Crippen molar-refractivity contribution in [3.8, 4) is 0 Å². The Kier molecular flexibility index (Phi) is 5.04. The van der Waals surface area contributed by atoms with Crippen LogP contribution < -0.4 is 4.72 Å². The minimum atomic E-state index is -3.38. The fourth-order valence-corrected chi connectivity index (χ4v) is 4.35. The van der Waals surface area contributed by atoms with Crippen molar-refractivity contribution >= 4 is 16.1 Å². The van der Waals surface area contributed by atoms with E-state index in [0.717, 1.165) is 32.2 Å². The van der Waals surface area contributed by atoms with Crippen LogP contribution in [-0.4, -0.2) is 55.8 Å². The summed E-state index contributed by atoms with van der Waals surface area (Å²) in [6.45, 7) is 6.19. The topological polar surface area (TPSA) is 69.7 Å². The van der Waals surface area contributed by atoms with Crippen molar-refractivity contribution in [1.29, 1.82) is 0 Å². The highest BCUT2D eigenvalue weighted by atomic mass is 32.2. The smallest absolute Gasteiger partial charge is 0.279 e. The van der Waals surface area contributed by atoms with Crippen LogP contribution in [0.3, 0.4) is 0 Å². The van der Waals surface area contributed by atoms with Gasteiger partial charge in [0, 0.05) is 38.1 Å². The molecule has 2 aliphatic rings. The molecule has 2 fully saturated rings. The number of piperidine rings is 1. The third-order valence-corrected chi connectivity index (χ3v) is 5.62. The number of hydrogen-bond acceptors (Lipinski definition) is 3. The summed E-state index contributed by atoms with van der Waals surface area (Å²) in [7, 11) is -3.38. The maximum Gasteiger partial charge on any atom is 0.279 e. The molecule has 0 aromatic carbocycles. The van der Waals surface area contributed by atoms with Gasteiger partial charge in [0.2, 0.25) is 5.91 Å². The van der Waals surface area contributed by atoms with Gasteiger partial charge in [0.15, 0.2) is 0 Å².